The van der Waals surface area contributed by atoms with E-state index in [0.717, 1.165) is 38.6 Å². The summed E-state index contributed by atoms with van der Waals surface area (Å²) < 4.78 is 0. The Kier molecular flexibility index (Phi) is 3.21. The number of piperazine rings is 1. The SMILES string of the molecule is CCN1CCN(C(=O)C23CC4C[C@](C)(C2)C[C@](C)(C4)C3)CC1. The number of carbonyl (C=O) groups is 1. The molecule has 0 aromatic rings. The zero-order valence-corrected chi connectivity index (χ0v) is 14.7. The first-order valence-corrected chi connectivity index (χ1v) is 9.37. The van der Waals surface area contributed by atoms with Crippen LogP contribution < -0.4 is 0 Å². The van der Waals surface area contributed by atoms with E-state index in [4.69, 9.17) is 0 Å². The van der Waals surface area contributed by atoms with E-state index >= 15 is 0 Å². The van der Waals surface area contributed by atoms with Crippen LogP contribution in [0.15, 0.2) is 0 Å². The molecule has 124 valence electrons. The molecule has 0 spiro atoms. The number of hydrogen-bond donors (Lipinski definition) is 0. The van der Waals surface area contributed by atoms with Gasteiger partial charge in [0.25, 0.3) is 0 Å². The Morgan fingerprint density at radius 3 is 2.05 bits per heavy atom. The van der Waals surface area contributed by atoms with Crippen molar-refractivity contribution in [2.75, 3.05) is 32.7 Å². The zero-order valence-electron chi connectivity index (χ0n) is 14.7. The van der Waals surface area contributed by atoms with Crippen LogP contribution in [0.5, 0.6) is 0 Å². The Morgan fingerprint density at radius 1 is 0.955 bits per heavy atom. The minimum atomic E-state index is -0.00268. The van der Waals surface area contributed by atoms with Gasteiger partial charge in [-0.05, 0) is 61.8 Å². The first-order chi connectivity index (χ1) is 10.4. The lowest BCUT2D eigenvalue weighted by atomic mass is 9.40. The summed E-state index contributed by atoms with van der Waals surface area (Å²) in [4.78, 5) is 18.1. The topological polar surface area (TPSA) is 23.6 Å². The summed E-state index contributed by atoms with van der Waals surface area (Å²) >= 11 is 0. The van der Waals surface area contributed by atoms with Gasteiger partial charge in [0.2, 0.25) is 5.91 Å². The van der Waals surface area contributed by atoms with Crippen LogP contribution in [-0.4, -0.2) is 48.4 Å². The molecule has 22 heavy (non-hydrogen) atoms. The van der Waals surface area contributed by atoms with Gasteiger partial charge in [-0.2, -0.15) is 0 Å². The maximum Gasteiger partial charge on any atom is 0.228 e. The van der Waals surface area contributed by atoms with E-state index in [1.165, 1.54) is 38.5 Å². The average molecular weight is 304 g/mol. The maximum absolute atomic E-state index is 13.4. The van der Waals surface area contributed by atoms with Gasteiger partial charge in [0.15, 0.2) is 0 Å². The third kappa shape index (κ3) is 2.23. The fraction of sp³-hybridized carbons (Fsp3) is 0.947. The van der Waals surface area contributed by atoms with Crippen LogP contribution >= 0.6 is 0 Å². The third-order valence-corrected chi connectivity index (χ3v) is 7.19. The number of nitrogens with zero attached hydrogens (tertiary/aromatic N) is 2. The van der Waals surface area contributed by atoms with Gasteiger partial charge in [0.05, 0.1) is 5.41 Å². The number of amides is 1. The molecule has 4 bridgehead atoms. The lowest BCUT2D eigenvalue weighted by molar-refractivity contribution is -0.180. The number of likely N-dealkylation sites (N-methyl/N-ethyl adjacent to an activating group) is 1. The van der Waals surface area contributed by atoms with Crippen molar-refractivity contribution in [2.24, 2.45) is 22.2 Å². The first-order valence-electron chi connectivity index (χ1n) is 9.37. The summed E-state index contributed by atoms with van der Waals surface area (Å²) in [6.07, 6.45) is 7.63. The number of rotatable bonds is 2. The van der Waals surface area contributed by atoms with Gasteiger partial charge in [-0.1, -0.05) is 20.8 Å². The molecule has 4 saturated carbocycles. The summed E-state index contributed by atoms with van der Waals surface area (Å²) in [7, 11) is 0. The molecule has 0 radical (unpaired) electrons. The highest BCUT2D eigenvalue weighted by Gasteiger charge is 2.63. The predicted octanol–water partition coefficient (Wildman–Crippen LogP) is 3.15. The Hall–Kier alpha value is -0.570. The van der Waals surface area contributed by atoms with E-state index in [1.54, 1.807) is 0 Å². The Balaban J connectivity index is 1.55. The Labute approximate surface area is 135 Å². The van der Waals surface area contributed by atoms with Gasteiger partial charge in [-0.15, -0.1) is 0 Å². The van der Waals surface area contributed by atoms with Gasteiger partial charge in [-0.25, -0.2) is 0 Å². The largest absolute Gasteiger partial charge is 0.340 e. The van der Waals surface area contributed by atoms with Gasteiger partial charge < -0.3 is 9.80 Å². The second-order valence-electron chi connectivity index (χ2n) is 9.64. The highest BCUT2D eigenvalue weighted by Crippen LogP contribution is 2.69. The highest BCUT2D eigenvalue weighted by atomic mass is 16.2. The molecule has 3 heteroatoms. The van der Waals surface area contributed by atoms with Crippen LogP contribution in [0.4, 0.5) is 0 Å². The van der Waals surface area contributed by atoms with E-state index in [9.17, 15) is 4.79 Å². The van der Waals surface area contributed by atoms with Crippen molar-refractivity contribution in [1.82, 2.24) is 9.80 Å². The Morgan fingerprint density at radius 2 is 1.55 bits per heavy atom. The van der Waals surface area contributed by atoms with Crippen LogP contribution in [0.3, 0.4) is 0 Å². The molecule has 0 aromatic heterocycles. The number of carbonyl (C=O) groups excluding carboxylic acids is 1. The normalized spacial score (nSPS) is 48.0. The van der Waals surface area contributed by atoms with Crippen molar-refractivity contribution in [1.29, 1.82) is 0 Å². The van der Waals surface area contributed by atoms with Crippen LogP contribution in [-0.2, 0) is 4.79 Å². The van der Waals surface area contributed by atoms with Gasteiger partial charge in [-0.3, -0.25) is 4.79 Å². The summed E-state index contributed by atoms with van der Waals surface area (Å²) in [6, 6.07) is 0. The Bertz CT molecular complexity index is 462. The second-order valence-corrected chi connectivity index (χ2v) is 9.64. The van der Waals surface area contributed by atoms with Gasteiger partial charge in [0.1, 0.15) is 0 Å². The molecule has 3 nitrogen and oxygen atoms in total. The average Bonchev–Trinajstić information content (AvgIpc) is 2.43. The van der Waals surface area contributed by atoms with Crippen LogP contribution in [0.25, 0.3) is 0 Å². The maximum atomic E-state index is 13.4. The summed E-state index contributed by atoms with van der Waals surface area (Å²) in [5, 5.41) is 0. The van der Waals surface area contributed by atoms with Crippen molar-refractivity contribution in [3.8, 4) is 0 Å². The van der Waals surface area contributed by atoms with E-state index in [2.05, 4.69) is 30.6 Å². The first kappa shape index (κ1) is 15.0. The van der Waals surface area contributed by atoms with Crippen molar-refractivity contribution in [3.63, 3.8) is 0 Å². The van der Waals surface area contributed by atoms with E-state index < -0.39 is 0 Å². The monoisotopic (exact) mass is 304 g/mol. The molecule has 0 N–H and O–H groups in total. The van der Waals surface area contributed by atoms with Crippen LogP contribution in [0, 0.1) is 22.2 Å². The molecule has 1 saturated heterocycles. The molecule has 5 fully saturated rings. The lowest BCUT2D eigenvalue weighted by Crippen LogP contribution is -2.62. The molecular weight excluding hydrogens is 272 g/mol. The highest BCUT2D eigenvalue weighted by molar-refractivity contribution is 5.83. The second kappa shape index (κ2) is 4.72. The van der Waals surface area contributed by atoms with Gasteiger partial charge >= 0.3 is 0 Å². The van der Waals surface area contributed by atoms with E-state index in [1.807, 2.05) is 0 Å². The summed E-state index contributed by atoms with van der Waals surface area (Å²) in [5.74, 6) is 1.33. The zero-order chi connectivity index (χ0) is 15.6. The third-order valence-electron chi connectivity index (χ3n) is 7.19. The van der Waals surface area contributed by atoms with Crippen molar-refractivity contribution in [3.05, 3.63) is 0 Å². The lowest BCUT2D eigenvalue weighted by Gasteiger charge is -2.65. The molecule has 2 atom stereocenters. The quantitative estimate of drug-likeness (QED) is 0.782. The molecule has 1 amide bonds. The molecule has 0 aromatic carbocycles. The number of hydrogen-bond acceptors (Lipinski definition) is 2. The predicted molar refractivity (Wildman–Crippen MR) is 88.5 cm³/mol. The smallest absolute Gasteiger partial charge is 0.228 e. The fourth-order valence-corrected chi connectivity index (χ4v) is 7.29. The molecular formula is C19H32N2O. The standard InChI is InChI=1S/C19H32N2O/c1-4-20-5-7-21(8-6-20)16(22)19-11-15-9-17(2,13-19)12-18(3,10-15)14-19/h15H,4-14H2,1-3H3/t15?,17-,18-,19?/m0/s1. The van der Waals surface area contributed by atoms with Crippen molar-refractivity contribution >= 4 is 5.91 Å². The van der Waals surface area contributed by atoms with Crippen LogP contribution in [0.2, 0.25) is 0 Å². The van der Waals surface area contributed by atoms with E-state index in [0.29, 0.717) is 16.7 Å². The molecule has 5 aliphatic rings. The fourth-order valence-electron chi connectivity index (χ4n) is 7.29. The molecule has 0 unspecified atom stereocenters. The molecule has 4 aliphatic carbocycles. The minimum Gasteiger partial charge on any atom is -0.340 e. The van der Waals surface area contributed by atoms with Crippen LogP contribution in [0.1, 0.15) is 59.3 Å². The van der Waals surface area contributed by atoms with Crippen molar-refractivity contribution in [2.45, 2.75) is 59.3 Å². The summed E-state index contributed by atoms with van der Waals surface area (Å²) in [5.41, 5.74) is 0.876. The molecule has 1 heterocycles. The summed E-state index contributed by atoms with van der Waals surface area (Å²) in [6.45, 7) is 12.3. The molecule has 1 aliphatic heterocycles. The van der Waals surface area contributed by atoms with Crippen molar-refractivity contribution < 1.29 is 4.79 Å². The van der Waals surface area contributed by atoms with E-state index in [-0.39, 0.29) is 5.41 Å². The van der Waals surface area contributed by atoms with Gasteiger partial charge in [0, 0.05) is 26.2 Å². The molecule has 5 rings (SSSR count). The minimum absolute atomic E-state index is 0.00268.